The van der Waals surface area contributed by atoms with E-state index in [2.05, 4.69) is 44.2 Å². The number of rotatable bonds is 6. The van der Waals surface area contributed by atoms with Gasteiger partial charge in [-0.25, -0.2) is 0 Å². The van der Waals surface area contributed by atoms with Crippen LogP contribution >= 0.6 is 11.8 Å². The molecule has 3 heteroatoms. The van der Waals surface area contributed by atoms with Crippen molar-refractivity contribution in [3.8, 4) is 0 Å². The predicted molar refractivity (Wildman–Crippen MR) is 79.9 cm³/mol. The maximum absolute atomic E-state index is 3.64. The summed E-state index contributed by atoms with van der Waals surface area (Å²) in [6.07, 6.45) is 4.88. The van der Waals surface area contributed by atoms with Gasteiger partial charge in [-0.15, -0.1) is 0 Å². The molecule has 2 atom stereocenters. The molecule has 2 unspecified atom stereocenters. The minimum Gasteiger partial charge on any atom is -0.312 e. The molecule has 102 valence electrons. The molecule has 0 saturated carbocycles. The van der Waals surface area contributed by atoms with Crippen molar-refractivity contribution in [2.45, 2.75) is 52.1 Å². The highest BCUT2D eigenvalue weighted by molar-refractivity contribution is 7.98. The Morgan fingerprint density at radius 2 is 2.12 bits per heavy atom. The summed E-state index contributed by atoms with van der Waals surface area (Å²) in [5.74, 6) is 2.14. The van der Waals surface area contributed by atoms with E-state index in [0.717, 1.165) is 12.0 Å². The van der Waals surface area contributed by atoms with Crippen LogP contribution in [0.2, 0.25) is 0 Å². The molecule has 0 aromatic carbocycles. The van der Waals surface area contributed by atoms with Gasteiger partial charge in [-0.1, -0.05) is 6.92 Å². The Kier molecular flexibility index (Phi) is 6.32. The van der Waals surface area contributed by atoms with Crippen LogP contribution in [0.25, 0.3) is 0 Å². The average Bonchev–Trinajstić information content (AvgIpc) is 2.70. The zero-order valence-corrected chi connectivity index (χ0v) is 13.1. The van der Waals surface area contributed by atoms with Crippen molar-refractivity contribution in [1.82, 2.24) is 10.2 Å². The van der Waals surface area contributed by atoms with Crippen LogP contribution < -0.4 is 5.32 Å². The molecule has 0 spiro atoms. The number of hydrogen-bond donors (Lipinski definition) is 1. The lowest BCUT2D eigenvalue weighted by atomic mass is 10.1. The fraction of sp³-hybridized carbons (Fsp3) is 1.00. The van der Waals surface area contributed by atoms with Crippen molar-refractivity contribution < 1.29 is 0 Å². The van der Waals surface area contributed by atoms with Crippen LogP contribution in [0, 0.1) is 5.92 Å². The second-order valence-corrected chi connectivity index (χ2v) is 7.21. The summed E-state index contributed by atoms with van der Waals surface area (Å²) < 4.78 is 0. The Morgan fingerprint density at radius 1 is 1.41 bits per heavy atom. The second kappa shape index (κ2) is 7.01. The summed E-state index contributed by atoms with van der Waals surface area (Å²) in [6.45, 7) is 12.8. The number of nitrogens with one attached hydrogen (secondary N) is 1. The maximum atomic E-state index is 3.64. The third-order valence-corrected chi connectivity index (χ3v) is 4.30. The van der Waals surface area contributed by atoms with Crippen LogP contribution in [0.3, 0.4) is 0 Å². The highest BCUT2D eigenvalue weighted by Crippen LogP contribution is 2.21. The number of hydrogen-bond acceptors (Lipinski definition) is 3. The minimum absolute atomic E-state index is 0.261. The smallest absolute Gasteiger partial charge is 0.0183 e. The Balaban J connectivity index is 2.31. The van der Waals surface area contributed by atoms with Crippen LogP contribution in [0.1, 0.15) is 40.5 Å². The quantitative estimate of drug-likeness (QED) is 0.789. The molecule has 0 aromatic rings. The van der Waals surface area contributed by atoms with Gasteiger partial charge < -0.3 is 5.32 Å². The van der Waals surface area contributed by atoms with Gasteiger partial charge in [-0.3, -0.25) is 4.90 Å². The Hall–Kier alpha value is 0.270. The minimum atomic E-state index is 0.261. The van der Waals surface area contributed by atoms with Crippen LogP contribution in [-0.2, 0) is 0 Å². The van der Waals surface area contributed by atoms with Crippen molar-refractivity contribution >= 4 is 11.8 Å². The summed E-state index contributed by atoms with van der Waals surface area (Å²) in [7, 11) is 0. The van der Waals surface area contributed by atoms with Gasteiger partial charge in [0.15, 0.2) is 0 Å². The van der Waals surface area contributed by atoms with Gasteiger partial charge in [0.2, 0.25) is 0 Å². The number of thioether (sulfide) groups is 1. The maximum Gasteiger partial charge on any atom is 0.0183 e. The van der Waals surface area contributed by atoms with Gasteiger partial charge in [0.1, 0.15) is 0 Å². The largest absolute Gasteiger partial charge is 0.312 e. The molecule has 0 bridgehead atoms. The zero-order valence-electron chi connectivity index (χ0n) is 12.3. The molecule has 2 nitrogen and oxygen atoms in total. The van der Waals surface area contributed by atoms with Gasteiger partial charge >= 0.3 is 0 Å². The normalized spacial score (nSPS) is 24.2. The van der Waals surface area contributed by atoms with Crippen molar-refractivity contribution in [2.24, 2.45) is 5.92 Å². The standard InChI is InChI=1S/C14H30N2S/c1-6-13(11-17-5)16-8-7-12(10-16)9-15-14(2,3)4/h12-13,15H,6-11H2,1-5H3. The molecule has 1 aliphatic heterocycles. The Morgan fingerprint density at radius 3 is 2.65 bits per heavy atom. The van der Waals surface area contributed by atoms with Gasteiger partial charge in [0.25, 0.3) is 0 Å². The zero-order chi connectivity index (χ0) is 12.9. The lowest BCUT2D eigenvalue weighted by molar-refractivity contribution is 0.244. The number of nitrogens with zero attached hydrogens (tertiary/aromatic N) is 1. The average molecular weight is 258 g/mol. The third kappa shape index (κ3) is 5.62. The topological polar surface area (TPSA) is 15.3 Å². The van der Waals surface area contributed by atoms with E-state index in [4.69, 9.17) is 0 Å². The molecule has 0 aromatic heterocycles. The van der Waals surface area contributed by atoms with E-state index in [1.54, 1.807) is 0 Å². The first kappa shape index (κ1) is 15.3. The first-order valence-corrected chi connectivity index (χ1v) is 8.33. The molecule has 1 fully saturated rings. The van der Waals surface area contributed by atoms with Gasteiger partial charge in [-0.2, -0.15) is 11.8 Å². The molecule has 0 aliphatic carbocycles. The second-order valence-electron chi connectivity index (χ2n) is 6.30. The van der Waals surface area contributed by atoms with Crippen LogP contribution in [0.4, 0.5) is 0 Å². The molecule has 0 amide bonds. The molecule has 1 saturated heterocycles. The summed E-state index contributed by atoms with van der Waals surface area (Å²) >= 11 is 1.98. The summed E-state index contributed by atoms with van der Waals surface area (Å²) in [5.41, 5.74) is 0.261. The molecule has 1 heterocycles. The first-order chi connectivity index (χ1) is 7.96. The van der Waals surface area contributed by atoms with Crippen LogP contribution in [0.15, 0.2) is 0 Å². The SMILES string of the molecule is CCC(CSC)N1CCC(CNC(C)(C)C)C1. The molecule has 1 rings (SSSR count). The van der Waals surface area contributed by atoms with Crippen molar-refractivity contribution in [3.63, 3.8) is 0 Å². The first-order valence-electron chi connectivity index (χ1n) is 6.94. The van der Waals surface area contributed by atoms with Crippen LogP contribution in [-0.4, -0.2) is 48.1 Å². The van der Waals surface area contributed by atoms with E-state index in [9.17, 15) is 0 Å². The van der Waals surface area contributed by atoms with Crippen LogP contribution in [0.5, 0.6) is 0 Å². The Labute approximate surface area is 112 Å². The van der Waals surface area contributed by atoms with Gasteiger partial charge in [0.05, 0.1) is 0 Å². The highest BCUT2D eigenvalue weighted by atomic mass is 32.2. The lowest BCUT2D eigenvalue weighted by Gasteiger charge is -2.27. The van der Waals surface area contributed by atoms with E-state index in [0.29, 0.717) is 0 Å². The fourth-order valence-corrected chi connectivity index (χ4v) is 3.32. The van der Waals surface area contributed by atoms with Crippen molar-refractivity contribution in [3.05, 3.63) is 0 Å². The van der Waals surface area contributed by atoms with E-state index in [1.807, 2.05) is 11.8 Å². The van der Waals surface area contributed by atoms with Gasteiger partial charge in [0, 0.05) is 23.9 Å². The Bertz CT molecular complexity index is 213. The lowest BCUT2D eigenvalue weighted by Crippen LogP contribution is -2.40. The fourth-order valence-electron chi connectivity index (χ4n) is 2.49. The molecular formula is C14H30N2S. The van der Waals surface area contributed by atoms with Crippen molar-refractivity contribution in [1.29, 1.82) is 0 Å². The molecule has 1 N–H and O–H groups in total. The van der Waals surface area contributed by atoms with E-state index in [1.165, 1.54) is 38.2 Å². The summed E-state index contributed by atoms with van der Waals surface area (Å²) in [5, 5.41) is 3.64. The third-order valence-electron chi connectivity index (χ3n) is 3.59. The monoisotopic (exact) mass is 258 g/mol. The van der Waals surface area contributed by atoms with E-state index in [-0.39, 0.29) is 5.54 Å². The molecule has 0 radical (unpaired) electrons. The predicted octanol–water partition coefficient (Wildman–Crippen LogP) is 2.84. The summed E-state index contributed by atoms with van der Waals surface area (Å²) in [6, 6.07) is 0.796. The summed E-state index contributed by atoms with van der Waals surface area (Å²) in [4.78, 5) is 2.70. The molecular weight excluding hydrogens is 228 g/mol. The van der Waals surface area contributed by atoms with E-state index < -0.39 is 0 Å². The van der Waals surface area contributed by atoms with E-state index >= 15 is 0 Å². The molecule has 1 aliphatic rings. The van der Waals surface area contributed by atoms with Gasteiger partial charge in [-0.05, 0) is 58.9 Å². The highest BCUT2D eigenvalue weighted by Gasteiger charge is 2.27. The number of likely N-dealkylation sites (tertiary alicyclic amines) is 1. The van der Waals surface area contributed by atoms with Crippen molar-refractivity contribution in [2.75, 3.05) is 31.6 Å². The molecule has 17 heavy (non-hydrogen) atoms.